The lowest BCUT2D eigenvalue weighted by Gasteiger charge is -2.12. The summed E-state index contributed by atoms with van der Waals surface area (Å²) in [5.41, 5.74) is 6.34. The molecule has 2 aromatic heterocycles. The minimum absolute atomic E-state index is 0.278. The van der Waals surface area contributed by atoms with Crippen LogP contribution in [0.2, 0.25) is 0 Å². The van der Waals surface area contributed by atoms with Crippen molar-refractivity contribution in [3.05, 3.63) is 100 Å². The number of unbranched alkanes of at least 4 members (excludes halogenated alkanes) is 1. The van der Waals surface area contributed by atoms with Gasteiger partial charge in [0.2, 0.25) is 0 Å². The lowest BCUT2D eigenvalue weighted by atomic mass is 9.97. The number of ether oxygens (including phenoxy) is 1. The Morgan fingerprint density at radius 3 is 2.54 bits per heavy atom. The maximum Gasteiger partial charge on any atom is 0.257 e. The minimum Gasteiger partial charge on any atom is -0.494 e. The highest BCUT2D eigenvalue weighted by Crippen LogP contribution is 2.40. The first kappa shape index (κ1) is 28.1. The fraction of sp³-hybridized carbons (Fsp3) is 0.229. The third kappa shape index (κ3) is 6.01. The molecular weight excluding hydrogens is 526 g/mol. The van der Waals surface area contributed by atoms with Crippen molar-refractivity contribution in [2.24, 2.45) is 0 Å². The monoisotopic (exact) mass is 559 g/mol. The van der Waals surface area contributed by atoms with Gasteiger partial charge in [0.05, 0.1) is 28.9 Å². The molecule has 0 radical (unpaired) electrons. The highest BCUT2D eigenvalue weighted by atomic mass is 32.1. The number of carbonyl (C=O) groups excluding carboxylic acids is 1. The summed E-state index contributed by atoms with van der Waals surface area (Å²) in [6.07, 6.45) is 2.05. The molecule has 5 rings (SSSR count). The number of para-hydroxylation sites is 1. The number of thiophene rings is 1. The zero-order valence-corrected chi connectivity index (χ0v) is 24.6. The van der Waals surface area contributed by atoms with Crippen LogP contribution in [0.4, 0.5) is 5.00 Å². The van der Waals surface area contributed by atoms with Crippen LogP contribution in [0.3, 0.4) is 0 Å². The standard InChI is InChI=1S/C35H33N3O2S/c1-5-6-18-40-27-11-9-10-26(19-27)32-20-29(28-12-7-8-13-31(28)37-32)34(39)38-35-30(21-36)33(23(4)41-35)25-16-14-24(15-17-25)22(2)3/h7-17,19-20,22H,5-6,18H2,1-4H3,(H,38,39). The van der Waals surface area contributed by atoms with Crippen molar-refractivity contribution in [2.45, 2.75) is 46.5 Å². The van der Waals surface area contributed by atoms with Crippen molar-refractivity contribution >= 4 is 33.1 Å². The molecule has 0 bridgehead atoms. The predicted molar refractivity (Wildman–Crippen MR) is 169 cm³/mol. The number of nitriles is 1. The number of carbonyl (C=O) groups is 1. The number of hydrogen-bond acceptors (Lipinski definition) is 5. The van der Waals surface area contributed by atoms with Crippen LogP contribution in [-0.4, -0.2) is 17.5 Å². The Morgan fingerprint density at radius 2 is 1.80 bits per heavy atom. The van der Waals surface area contributed by atoms with Gasteiger partial charge in [-0.3, -0.25) is 4.79 Å². The minimum atomic E-state index is -0.278. The zero-order chi connectivity index (χ0) is 28.9. The number of aryl methyl sites for hydroxylation is 1. The van der Waals surface area contributed by atoms with E-state index in [9.17, 15) is 10.1 Å². The molecule has 1 N–H and O–H groups in total. The van der Waals surface area contributed by atoms with E-state index in [1.165, 1.54) is 16.9 Å². The molecule has 0 aliphatic carbocycles. The average molecular weight is 560 g/mol. The molecule has 0 spiro atoms. The number of pyridine rings is 1. The molecule has 2 heterocycles. The van der Waals surface area contributed by atoms with E-state index in [1.54, 1.807) is 0 Å². The summed E-state index contributed by atoms with van der Waals surface area (Å²) in [5, 5.41) is 14.5. The Balaban J connectivity index is 1.51. The van der Waals surface area contributed by atoms with E-state index < -0.39 is 0 Å². The maximum absolute atomic E-state index is 13.8. The molecule has 0 unspecified atom stereocenters. The van der Waals surface area contributed by atoms with Crippen LogP contribution >= 0.6 is 11.3 Å². The third-order valence-electron chi connectivity index (χ3n) is 7.15. The van der Waals surface area contributed by atoms with Crippen molar-refractivity contribution in [1.82, 2.24) is 4.98 Å². The molecule has 0 atom stereocenters. The molecule has 0 aliphatic heterocycles. The average Bonchev–Trinajstić information content (AvgIpc) is 3.30. The molecule has 5 aromatic rings. The fourth-order valence-corrected chi connectivity index (χ4v) is 5.90. The van der Waals surface area contributed by atoms with Gasteiger partial charge in [-0.25, -0.2) is 4.98 Å². The molecule has 0 fully saturated rings. The van der Waals surface area contributed by atoms with Crippen LogP contribution < -0.4 is 10.1 Å². The summed E-state index contributed by atoms with van der Waals surface area (Å²) in [4.78, 5) is 19.7. The molecule has 0 saturated carbocycles. The topological polar surface area (TPSA) is 75.0 Å². The number of rotatable bonds is 9. The Kier molecular flexibility index (Phi) is 8.47. The number of nitrogens with one attached hydrogen (secondary N) is 1. The van der Waals surface area contributed by atoms with Gasteiger partial charge >= 0.3 is 0 Å². The molecule has 5 nitrogen and oxygen atoms in total. The smallest absolute Gasteiger partial charge is 0.257 e. The van der Waals surface area contributed by atoms with E-state index in [4.69, 9.17) is 9.72 Å². The molecule has 41 heavy (non-hydrogen) atoms. The van der Waals surface area contributed by atoms with Crippen LogP contribution in [-0.2, 0) is 0 Å². The summed E-state index contributed by atoms with van der Waals surface area (Å²) in [7, 11) is 0. The summed E-state index contributed by atoms with van der Waals surface area (Å²) < 4.78 is 5.91. The largest absolute Gasteiger partial charge is 0.494 e. The molecule has 0 aliphatic rings. The lowest BCUT2D eigenvalue weighted by Crippen LogP contribution is -2.13. The van der Waals surface area contributed by atoms with Gasteiger partial charge in [0.25, 0.3) is 5.91 Å². The number of benzene rings is 3. The Morgan fingerprint density at radius 1 is 1.02 bits per heavy atom. The number of amides is 1. The summed E-state index contributed by atoms with van der Waals surface area (Å²) in [5.74, 6) is 0.923. The van der Waals surface area contributed by atoms with Gasteiger partial charge in [0.15, 0.2) is 0 Å². The van der Waals surface area contributed by atoms with Crippen molar-refractivity contribution in [1.29, 1.82) is 5.26 Å². The van der Waals surface area contributed by atoms with Crippen molar-refractivity contribution in [3.63, 3.8) is 0 Å². The molecule has 206 valence electrons. The fourth-order valence-electron chi connectivity index (χ4n) is 4.88. The van der Waals surface area contributed by atoms with Crippen LogP contribution in [0.5, 0.6) is 5.75 Å². The van der Waals surface area contributed by atoms with Gasteiger partial charge < -0.3 is 10.1 Å². The van der Waals surface area contributed by atoms with Gasteiger partial charge in [-0.05, 0) is 54.7 Å². The number of aromatic nitrogens is 1. The lowest BCUT2D eigenvalue weighted by molar-refractivity contribution is 0.102. The van der Waals surface area contributed by atoms with Crippen molar-refractivity contribution in [3.8, 4) is 34.2 Å². The van der Waals surface area contributed by atoms with Crippen LogP contribution in [0.1, 0.15) is 65.9 Å². The van der Waals surface area contributed by atoms with E-state index in [0.29, 0.717) is 34.3 Å². The second kappa shape index (κ2) is 12.4. The summed E-state index contributed by atoms with van der Waals surface area (Å²) in [6.45, 7) is 9.09. The molecule has 1 amide bonds. The summed E-state index contributed by atoms with van der Waals surface area (Å²) in [6, 6.07) is 27.9. The first-order valence-electron chi connectivity index (χ1n) is 14.0. The number of anilines is 1. The van der Waals surface area contributed by atoms with E-state index in [2.05, 4.69) is 56.4 Å². The molecular formula is C35H33N3O2S. The zero-order valence-electron chi connectivity index (χ0n) is 23.8. The van der Waals surface area contributed by atoms with Gasteiger partial charge in [-0.15, -0.1) is 11.3 Å². The number of hydrogen-bond donors (Lipinski definition) is 1. The van der Waals surface area contributed by atoms with E-state index >= 15 is 0 Å². The van der Waals surface area contributed by atoms with E-state index in [0.717, 1.165) is 51.1 Å². The van der Waals surface area contributed by atoms with Crippen LogP contribution in [0, 0.1) is 18.3 Å². The number of nitrogens with zero attached hydrogens (tertiary/aromatic N) is 2. The van der Waals surface area contributed by atoms with Crippen LogP contribution in [0.25, 0.3) is 33.3 Å². The highest BCUT2D eigenvalue weighted by molar-refractivity contribution is 7.17. The second-order valence-corrected chi connectivity index (χ2v) is 11.6. The van der Waals surface area contributed by atoms with Crippen molar-refractivity contribution < 1.29 is 9.53 Å². The van der Waals surface area contributed by atoms with E-state index in [1.807, 2.05) is 61.5 Å². The maximum atomic E-state index is 13.8. The van der Waals surface area contributed by atoms with Gasteiger partial charge in [-0.1, -0.05) is 81.8 Å². The Bertz CT molecular complexity index is 1750. The summed E-state index contributed by atoms with van der Waals surface area (Å²) >= 11 is 1.42. The highest BCUT2D eigenvalue weighted by Gasteiger charge is 2.21. The first-order chi connectivity index (χ1) is 19.9. The van der Waals surface area contributed by atoms with Crippen molar-refractivity contribution in [2.75, 3.05) is 11.9 Å². The van der Waals surface area contributed by atoms with Gasteiger partial charge in [0, 0.05) is 21.4 Å². The molecule has 6 heteroatoms. The molecule has 0 saturated heterocycles. The van der Waals surface area contributed by atoms with Gasteiger partial charge in [-0.2, -0.15) is 5.26 Å². The third-order valence-corrected chi connectivity index (χ3v) is 8.17. The normalized spacial score (nSPS) is 11.0. The number of fused-ring (bicyclic) bond motifs is 1. The van der Waals surface area contributed by atoms with E-state index in [-0.39, 0.29) is 5.91 Å². The van der Waals surface area contributed by atoms with Crippen LogP contribution in [0.15, 0.2) is 78.9 Å². The van der Waals surface area contributed by atoms with Gasteiger partial charge in [0.1, 0.15) is 16.8 Å². The molecule has 3 aromatic carbocycles. The quantitative estimate of drug-likeness (QED) is 0.183. The Hall–Kier alpha value is -4.47. The Labute approximate surface area is 245 Å². The first-order valence-corrected chi connectivity index (χ1v) is 14.8. The SMILES string of the molecule is CCCCOc1cccc(-c2cc(C(=O)Nc3sc(C)c(-c4ccc(C(C)C)cc4)c3C#N)c3ccccc3n2)c1. The predicted octanol–water partition coefficient (Wildman–Crippen LogP) is 9.36. The second-order valence-electron chi connectivity index (χ2n) is 10.4.